The SMILES string of the molecule is CCS(=O)(=O)CCc1cnc(N2CCN(C(=O)OC(C)(C)C)CC2)s1. The molecule has 7 nitrogen and oxygen atoms in total. The van der Waals surface area contributed by atoms with Gasteiger partial charge in [-0.05, 0) is 27.2 Å². The summed E-state index contributed by atoms with van der Waals surface area (Å²) < 4.78 is 28.6. The Morgan fingerprint density at radius 1 is 1.28 bits per heavy atom. The zero-order valence-corrected chi connectivity index (χ0v) is 17.0. The lowest BCUT2D eigenvalue weighted by molar-refractivity contribution is 0.0240. The Bertz CT molecular complexity index is 686. The minimum Gasteiger partial charge on any atom is -0.444 e. The predicted octanol–water partition coefficient (Wildman–Crippen LogP) is 2.18. The number of carbonyl (C=O) groups excluding carboxylic acids is 1. The monoisotopic (exact) mass is 389 g/mol. The van der Waals surface area contributed by atoms with Crippen LogP contribution in [0.2, 0.25) is 0 Å². The molecule has 0 bridgehead atoms. The number of piperazine rings is 1. The Labute approximate surface area is 153 Å². The molecule has 2 heterocycles. The molecule has 0 spiro atoms. The van der Waals surface area contributed by atoms with Crippen molar-refractivity contribution < 1.29 is 17.9 Å². The lowest BCUT2D eigenvalue weighted by Gasteiger charge is -2.35. The van der Waals surface area contributed by atoms with Gasteiger partial charge in [-0.25, -0.2) is 18.2 Å². The van der Waals surface area contributed by atoms with Gasteiger partial charge in [0.1, 0.15) is 15.4 Å². The summed E-state index contributed by atoms with van der Waals surface area (Å²) in [4.78, 5) is 21.3. The molecular formula is C16H27N3O4S2. The highest BCUT2D eigenvalue weighted by Gasteiger charge is 2.26. The van der Waals surface area contributed by atoms with Crippen molar-refractivity contribution in [3.8, 4) is 0 Å². The number of thiazole rings is 1. The van der Waals surface area contributed by atoms with Crippen LogP contribution in [0.4, 0.5) is 9.93 Å². The Morgan fingerprint density at radius 3 is 2.48 bits per heavy atom. The van der Waals surface area contributed by atoms with Crippen LogP contribution >= 0.6 is 11.3 Å². The summed E-state index contributed by atoms with van der Waals surface area (Å²) in [5.41, 5.74) is -0.489. The first-order valence-corrected chi connectivity index (χ1v) is 11.1. The molecule has 1 fully saturated rings. The number of hydrogen-bond acceptors (Lipinski definition) is 7. The summed E-state index contributed by atoms with van der Waals surface area (Å²) in [6, 6.07) is 0. The van der Waals surface area contributed by atoms with Gasteiger partial charge >= 0.3 is 6.09 Å². The molecule has 1 saturated heterocycles. The maximum absolute atomic E-state index is 12.1. The van der Waals surface area contributed by atoms with Gasteiger partial charge < -0.3 is 14.5 Å². The Kier molecular flexibility index (Phi) is 6.31. The molecule has 1 aromatic heterocycles. The molecule has 0 aliphatic carbocycles. The van der Waals surface area contributed by atoms with Gasteiger partial charge in [0.2, 0.25) is 0 Å². The van der Waals surface area contributed by atoms with E-state index < -0.39 is 15.4 Å². The molecule has 0 radical (unpaired) electrons. The van der Waals surface area contributed by atoms with Crippen LogP contribution < -0.4 is 4.90 Å². The first-order chi connectivity index (χ1) is 11.6. The van der Waals surface area contributed by atoms with Crippen molar-refractivity contribution in [1.29, 1.82) is 0 Å². The van der Waals surface area contributed by atoms with E-state index in [2.05, 4.69) is 9.88 Å². The Morgan fingerprint density at radius 2 is 1.92 bits per heavy atom. The fraction of sp³-hybridized carbons (Fsp3) is 0.750. The highest BCUT2D eigenvalue weighted by Crippen LogP contribution is 2.24. The van der Waals surface area contributed by atoms with Crippen LogP contribution in [0.1, 0.15) is 32.6 Å². The smallest absolute Gasteiger partial charge is 0.410 e. The molecule has 25 heavy (non-hydrogen) atoms. The molecular weight excluding hydrogens is 362 g/mol. The summed E-state index contributed by atoms with van der Waals surface area (Å²) in [5.74, 6) is 0.336. The summed E-state index contributed by atoms with van der Waals surface area (Å²) in [7, 11) is -2.96. The fourth-order valence-electron chi connectivity index (χ4n) is 2.37. The van der Waals surface area contributed by atoms with Crippen LogP contribution in [0.25, 0.3) is 0 Å². The summed E-state index contributed by atoms with van der Waals surface area (Å²) >= 11 is 1.53. The van der Waals surface area contributed by atoms with Gasteiger partial charge in [0.05, 0.1) is 5.75 Å². The fourth-order valence-corrected chi connectivity index (χ4v) is 4.28. The minimum atomic E-state index is -2.96. The van der Waals surface area contributed by atoms with Crippen LogP contribution in [0.5, 0.6) is 0 Å². The van der Waals surface area contributed by atoms with E-state index in [1.54, 1.807) is 18.0 Å². The third-order valence-corrected chi connectivity index (χ3v) is 6.67. The second-order valence-corrected chi connectivity index (χ2v) is 10.6. The maximum atomic E-state index is 12.1. The predicted molar refractivity (Wildman–Crippen MR) is 100 cm³/mol. The number of amides is 1. The quantitative estimate of drug-likeness (QED) is 0.768. The van der Waals surface area contributed by atoms with Crippen molar-refractivity contribution in [2.75, 3.05) is 42.6 Å². The van der Waals surface area contributed by atoms with Gasteiger partial charge in [-0.3, -0.25) is 0 Å². The van der Waals surface area contributed by atoms with Crippen molar-refractivity contribution in [3.05, 3.63) is 11.1 Å². The molecule has 1 aliphatic heterocycles. The number of rotatable bonds is 5. The molecule has 0 N–H and O–H groups in total. The molecule has 0 saturated carbocycles. The van der Waals surface area contributed by atoms with Gasteiger partial charge in [0, 0.05) is 43.0 Å². The molecule has 1 aromatic rings. The van der Waals surface area contributed by atoms with Gasteiger partial charge in [-0.1, -0.05) is 6.92 Å². The number of aromatic nitrogens is 1. The second kappa shape index (κ2) is 7.90. The van der Waals surface area contributed by atoms with E-state index in [-0.39, 0.29) is 17.6 Å². The van der Waals surface area contributed by atoms with Gasteiger partial charge in [-0.2, -0.15) is 0 Å². The summed E-state index contributed by atoms with van der Waals surface area (Å²) in [6.45, 7) is 9.81. The molecule has 1 aliphatic rings. The van der Waals surface area contributed by atoms with Gasteiger partial charge in [0.25, 0.3) is 0 Å². The van der Waals surface area contributed by atoms with E-state index in [1.807, 2.05) is 20.8 Å². The zero-order chi connectivity index (χ0) is 18.7. The van der Waals surface area contributed by atoms with E-state index in [4.69, 9.17) is 4.74 Å². The number of carbonyl (C=O) groups is 1. The van der Waals surface area contributed by atoms with Crippen molar-refractivity contribution in [3.63, 3.8) is 0 Å². The number of nitrogens with zero attached hydrogens (tertiary/aromatic N) is 3. The third-order valence-electron chi connectivity index (χ3n) is 3.84. The minimum absolute atomic E-state index is 0.164. The van der Waals surface area contributed by atoms with Crippen molar-refractivity contribution in [2.24, 2.45) is 0 Å². The van der Waals surface area contributed by atoms with E-state index in [0.29, 0.717) is 32.6 Å². The molecule has 0 atom stereocenters. The van der Waals surface area contributed by atoms with Crippen molar-refractivity contribution in [1.82, 2.24) is 9.88 Å². The molecule has 0 aromatic carbocycles. The number of ether oxygens (including phenoxy) is 1. The standard InChI is InChI=1S/C16H27N3O4S2/c1-5-25(21,22)11-6-13-12-17-14(24-13)18-7-9-19(10-8-18)15(20)23-16(2,3)4/h12H,5-11H2,1-4H3. The number of anilines is 1. The number of sulfone groups is 1. The van der Waals surface area contributed by atoms with Crippen molar-refractivity contribution in [2.45, 2.75) is 39.7 Å². The number of aryl methyl sites for hydroxylation is 1. The van der Waals surface area contributed by atoms with Crippen LogP contribution in [0, 0.1) is 0 Å². The Hall–Kier alpha value is -1.35. The van der Waals surface area contributed by atoms with Crippen LogP contribution in [-0.4, -0.2) is 67.7 Å². The average molecular weight is 390 g/mol. The van der Waals surface area contributed by atoms with E-state index >= 15 is 0 Å². The summed E-state index contributed by atoms with van der Waals surface area (Å²) in [6.07, 6.45) is 1.98. The van der Waals surface area contributed by atoms with Crippen LogP contribution in [-0.2, 0) is 21.0 Å². The second-order valence-electron chi connectivity index (χ2n) is 7.05. The largest absolute Gasteiger partial charge is 0.444 e. The van der Waals surface area contributed by atoms with Crippen LogP contribution in [0.15, 0.2) is 6.20 Å². The maximum Gasteiger partial charge on any atom is 0.410 e. The molecule has 1 amide bonds. The normalized spacial score (nSPS) is 16.2. The van der Waals surface area contributed by atoms with E-state index in [9.17, 15) is 13.2 Å². The Balaban J connectivity index is 1.86. The van der Waals surface area contributed by atoms with Crippen LogP contribution in [0.3, 0.4) is 0 Å². The third kappa shape index (κ3) is 6.14. The molecule has 0 unspecified atom stereocenters. The first-order valence-electron chi connectivity index (χ1n) is 8.47. The molecule has 2 rings (SSSR count). The average Bonchev–Trinajstić information content (AvgIpc) is 3.01. The topological polar surface area (TPSA) is 79.8 Å². The highest BCUT2D eigenvalue weighted by molar-refractivity contribution is 7.91. The van der Waals surface area contributed by atoms with E-state index in [1.165, 1.54) is 11.3 Å². The first kappa shape index (κ1) is 20.0. The van der Waals surface area contributed by atoms with Gasteiger partial charge in [0.15, 0.2) is 5.13 Å². The zero-order valence-electron chi connectivity index (χ0n) is 15.3. The number of hydrogen-bond donors (Lipinski definition) is 0. The lowest BCUT2D eigenvalue weighted by Crippen LogP contribution is -2.50. The van der Waals surface area contributed by atoms with Crippen molar-refractivity contribution >= 4 is 32.4 Å². The lowest BCUT2D eigenvalue weighted by atomic mass is 10.2. The molecule has 142 valence electrons. The summed E-state index contributed by atoms with van der Waals surface area (Å²) in [5, 5.41) is 0.882. The van der Waals surface area contributed by atoms with Gasteiger partial charge in [-0.15, -0.1) is 11.3 Å². The van der Waals surface area contributed by atoms with E-state index in [0.717, 1.165) is 10.0 Å². The highest BCUT2D eigenvalue weighted by atomic mass is 32.2. The molecule has 9 heteroatoms.